The van der Waals surface area contributed by atoms with E-state index < -0.39 is 0 Å². The number of hydrogen-bond acceptors (Lipinski definition) is 5. The molecule has 1 unspecified atom stereocenters. The van der Waals surface area contributed by atoms with Crippen LogP contribution in [0.1, 0.15) is 35.3 Å². The second kappa shape index (κ2) is 8.20. The van der Waals surface area contributed by atoms with Crippen molar-refractivity contribution in [2.45, 2.75) is 32.9 Å². The second-order valence-corrected chi connectivity index (χ2v) is 6.42. The monoisotopic (exact) mass is 371 g/mol. The first kappa shape index (κ1) is 18.9. The van der Waals surface area contributed by atoms with E-state index in [0.717, 1.165) is 29.0 Å². The Labute approximate surface area is 159 Å². The summed E-state index contributed by atoms with van der Waals surface area (Å²) in [6, 6.07) is 9.04. The van der Waals surface area contributed by atoms with Crippen molar-refractivity contribution in [1.29, 1.82) is 0 Å². The molecule has 0 saturated carbocycles. The van der Waals surface area contributed by atoms with E-state index in [0.29, 0.717) is 30.2 Å². The van der Waals surface area contributed by atoms with Gasteiger partial charge < -0.3 is 24.3 Å². The molecule has 1 aliphatic heterocycles. The molecule has 1 atom stereocenters. The summed E-state index contributed by atoms with van der Waals surface area (Å²) in [4.78, 5) is 12.6. The normalized spacial score (nSPS) is 14.9. The molecule has 3 rings (SSSR count). The predicted octanol–water partition coefficient (Wildman–Crippen LogP) is 3.36. The maximum absolute atomic E-state index is 12.6. The number of carbonyl (C=O) groups excluding carboxylic acids is 1. The molecule has 1 amide bonds. The van der Waals surface area contributed by atoms with Crippen LogP contribution in [0.15, 0.2) is 30.3 Å². The first-order valence-electron chi connectivity index (χ1n) is 9.00. The second-order valence-electron chi connectivity index (χ2n) is 6.42. The van der Waals surface area contributed by atoms with Gasteiger partial charge in [0.1, 0.15) is 29.1 Å². The molecular weight excluding hydrogens is 346 g/mol. The smallest absolute Gasteiger partial charge is 0.251 e. The van der Waals surface area contributed by atoms with E-state index in [9.17, 15) is 4.79 Å². The Morgan fingerprint density at radius 1 is 1.15 bits per heavy atom. The van der Waals surface area contributed by atoms with Crippen molar-refractivity contribution in [2.75, 3.05) is 20.8 Å². The molecule has 0 radical (unpaired) electrons. The SMILES string of the molecule is CCOc1cc2c(cc1CNC(=O)c1cc(OC)cc(OC)c1)OC(C)C2. The molecule has 1 heterocycles. The number of benzene rings is 2. The molecule has 2 aromatic rings. The zero-order valence-electron chi connectivity index (χ0n) is 16.1. The molecule has 1 aliphatic rings. The Balaban J connectivity index is 1.78. The van der Waals surface area contributed by atoms with Crippen molar-refractivity contribution in [3.63, 3.8) is 0 Å². The van der Waals surface area contributed by atoms with E-state index in [1.807, 2.05) is 26.0 Å². The van der Waals surface area contributed by atoms with Crippen LogP contribution >= 0.6 is 0 Å². The summed E-state index contributed by atoms with van der Waals surface area (Å²) < 4.78 is 22.0. The summed E-state index contributed by atoms with van der Waals surface area (Å²) in [6.07, 6.45) is 1.02. The van der Waals surface area contributed by atoms with Crippen LogP contribution in [-0.4, -0.2) is 32.8 Å². The van der Waals surface area contributed by atoms with Gasteiger partial charge in [-0.2, -0.15) is 0 Å². The highest BCUT2D eigenvalue weighted by Crippen LogP contribution is 2.35. The highest BCUT2D eigenvalue weighted by Gasteiger charge is 2.22. The van der Waals surface area contributed by atoms with Gasteiger partial charge in [0.15, 0.2) is 0 Å². The first-order valence-corrected chi connectivity index (χ1v) is 9.00. The zero-order valence-corrected chi connectivity index (χ0v) is 16.1. The minimum absolute atomic E-state index is 0.156. The lowest BCUT2D eigenvalue weighted by Gasteiger charge is -2.14. The first-order chi connectivity index (χ1) is 13.0. The van der Waals surface area contributed by atoms with E-state index >= 15 is 0 Å². The van der Waals surface area contributed by atoms with Gasteiger partial charge in [-0.15, -0.1) is 0 Å². The molecule has 2 aromatic carbocycles. The number of hydrogen-bond donors (Lipinski definition) is 1. The molecule has 0 aromatic heterocycles. The van der Waals surface area contributed by atoms with Crippen molar-refractivity contribution in [2.24, 2.45) is 0 Å². The summed E-state index contributed by atoms with van der Waals surface area (Å²) in [7, 11) is 3.10. The Morgan fingerprint density at radius 2 is 1.85 bits per heavy atom. The van der Waals surface area contributed by atoms with E-state index in [4.69, 9.17) is 18.9 Å². The molecule has 0 spiro atoms. The fourth-order valence-electron chi connectivity index (χ4n) is 3.13. The Morgan fingerprint density at radius 3 is 2.48 bits per heavy atom. The third-order valence-electron chi connectivity index (χ3n) is 4.43. The van der Waals surface area contributed by atoms with Crippen molar-refractivity contribution in [1.82, 2.24) is 5.32 Å². The lowest BCUT2D eigenvalue weighted by atomic mass is 10.1. The van der Waals surface area contributed by atoms with Crippen molar-refractivity contribution in [3.8, 4) is 23.0 Å². The quantitative estimate of drug-likeness (QED) is 0.808. The van der Waals surface area contributed by atoms with Gasteiger partial charge in [-0.25, -0.2) is 0 Å². The van der Waals surface area contributed by atoms with Gasteiger partial charge in [0.25, 0.3) is 5.91 Å². The highest BCUT2D eigenvalue weighted by atomic mass is 16.5. The molecule has 6 nitrogen and oxygen atoms in total. The average Bonchev–Trinajstić information content (AvgIpc) is 3.04. The summed E-state index contributed by atoms with van der Waals surface area (Å²) in [5.41, 5.74) is 2.49. The molecule has 0 saturated heterocycles. The number of amides is 1. The molecule has 1 N–H and O–H groups in total. The molecule has 144 valence electrons. The van der Waals surface area contributed by atoms with Crippen molar-refractivity contribution < 1.29 is 23.7 Å². The van der Waals surface area contributed by atoms with Gasteiger partial charge >= 0.3 is 0 Å². The minimum atomic E-state index is -0.218. The Kier molecular flexibility index (Phi) is 5.74. The van der Waals surface area contributed by atoms with Crippen LogP contribution < -0.4 is 24.3 Å². The van der Waals surface area contributed by atoms with E-state index in [1.54, 1.807) is 32.4 Å². The van der Waals surface area contributed by atoms with Crippen molar-refractivity contribution in [3.05, 3.63) is 47.0 Å². The molecule has 27 heavy (non-hydrogen) atoms. The lowest BCUT2D eigenvalue weighted by molar-refractivity contribution is 0.0950. The molecule has 6 heteroatoms. The van der Waals surface area contributed by atoms with Crippen LogP contribution in [-0.2, 0) is 13.0 Å². The summed E-state index contributed by atoms with van der Waals surface area (Å²) in [6.45, 7) is 4.87. The number of rotatable bonds is 7. The van der Waals surface area contributed by atoms with Gasteiger partial charge in [-0.05, 0) is 38.1 Å². The van der Waals surface area contributed by atoms with Gasteiger partial charge in [-0.1, -0.05) is 0 Å². The topological polar surface area (TPSA) is 66.0 Å². The molecule has 0 fully saturated rings. The average molecular weight is 371 g/mol. The number of carbonyl (C=O) groups is 1. The van der Waals surface area contributed by atoms with Crippen molar-refractivity contribution >= 4 is 5.91 Å². The number of methoxy groups -OCH3 is 2. The summed E-state index contributed by atoms with van der Waals surface area (Å²) in [5, 5.41) is 2.93. The van der Waals surface area contributed by atoms with E-state index in [1.165, 1.54) is 0 Å². The summed E-state index contributed by atoms with van der Waals surface area (Å²) >= 11 is 0. The summed E-state index contributed by atoms with van der Waals surface area (Å²) in [5.74, 6) is 2.55. The molecular formula is C21H25NO5. The largest absolute Gasteiger partial charge is 0.497 e. The van der Waals surface area contributed by atoms with E-state index in [2.05, 4.69) is 5.32 Å². The Bertz CT molecular complexity index is 811. The van der Waals surface area contributed by atoms with Gasteiger partial charge in [0.05, 0.1) is 20.8 Å². The van der Waals surface area contributed by atoms with E-state index in [-0.39, 0.29) is 12.0 Å². The van der Waals surface area contributed by atoms with Crippen LogP contribution in [0, 0.1) is 0 Å². The van der Waals surface area contributed by atoms with Crippen LogP contribution in [0.5, 0.6) is 23.0 Å². The number of ether oxygens (including phenoxy) is 4. The molecule has 0 aliphatic carbocycles. The predicted molar refractivity (Wildman–Crippen MR) is 102 cm³/mol. The third kappa shape index (κ3) is 4.27. The van der Waals surface area contributed by atoms with Gasteiger partial charge in [0.2, 0.25) is 0 Å². The highest BCUT2D eigenvalue weighted by molar-refractivity contribution is 5.95. The maximum Gasteiger partial charge on any atom is 0.251 e. The van der Waals surface area contributed by atoms with Crippen LogP contribution in [0.2, 0.25) is 0 Å². The standard InChI is InChI=1S/C21H25NO5/c1-5-26-19-9-14-6-13(2)27-20(14)10-16(19)12-22-21(23)15-7-17(24-3)11-18(8-15)25-4/h7-11,13H,5-6,12H2,1-4H3,(H,22,23). The fraction of sp³-hybridized carbons (Fsp3) is 0.381. The van der Waals surface area contributed by atoms with Crippen LogP contribution in [0.3, 0.4) is 0 Å². The van der Waals surface area contributed by atoms with Gasteiger partial charge in [-0.3, -0.25) is 4.79 Å². The Hall–Kier alpha value is -2.89. The van der Waals surface area contributed by atoms with Crippen LogP contribution in [0.4, 0.5) is 0 Å². The minimum Gasteiger partial charge on any atom is -0.497 e. The fourth-order valence-corrected chi connectivity index (χ4v) is 3.13. The maximum atomic E-state index is 12.6. The number of fused-ring (bicyclic) bond motifs is 1. The zero-order chi connectivity index (χ0) is 19.4. The lowest BCUT2D eigenvalue weighted by Crippen LogP contribution is -2.23. The van der Waals surface area contributed by atoms with Gasteiger partial charge in [0, 0.05) is 35.7 Å². The van der Waals surface area contributed by atoms with Crippen LogP contribution in [0.25, 0.3) is 0 Å². The number of nitrogens with one attached hydrogen (secondary N) is 1. The third-order valence-corrected chi connectivity index (χ3v) is 4.43. The molecule has 0 bridgehead atoms.